The van der Waals surface area contributed by atoms with Gasteiger partial charge in [0.25, 0.3) is 0 Å². The lowest BCUT2D eigenvalue weighted by molar-refractivity contribution is 0.458. The zero-order valence-electron chi connectivity index (χ0n) is 21.0. The fourth-order valence-corrected chi connectivity index (χ4v) is 6.21. The van der Waals surface area contributed by atoms with E-state index in [9.17, 15) is 8.42 Å². The largest absolute Gasteiger partial charge is 0.243 e. The molecule has 1 atom stereocenters. The SMILES string of the molecule is Cc1ccc(S(=O)(=O)N2C/C(=C\c3ccccc3)C(C/C=C/c3ccc(-c4ccccc4)cc3)C2)cc1. The second kappa shape index (κ2) is 11.1. The third-order valence-electron chi connectivity index (χ3n) is 6.87. The average Bonchev–Trinajstić information content (AvgIpc) is 3.33. The summed E-state index contributed by atoms with van der Waals surface area (Å²) in [4.78, 5) is 0.354. The molecular weight excluding hydrogens is 474 g/mol. The number of rotatable bonds is 7. The normalized spacial score (nSPS) is 17.5. The Balaban J connectivity index is 1.34. The highest BCUT2D eigenvalue weighted by Crippen LogP contribution is 2.32. The van der Waals surface area contributed by atoms with Crippen LogP contribution < -0.4 is 0 Å². The molecule has 0 saturated carbocycles. The van der Waals surface area contributed by atoms with Crippen LogP contribution in [0.15, 0.2) is 126 Å². The smallest absolute Gasteiger partial charge is 0.207 e. The Morgan fingerprint density at radius 1 is 0.757 bits per heavy atom. The van der Waals surface area contributed by atoms with Crippen LogP contribution in [0.1, 0.15) is 23.1 Å². The van der Waals surface area contributed by atoms with E-state index in [0.717, 1.165) is 28.7 Å². The minimum Gasteiger partial charge on any atom is -0.207 e. The molecule has 37 heavy (non-hydrogen) atoms. The van der Waals surface area contributed by atoms with E-state index >= 15 is 0 Å². The molecule has 0 amide bonds. The monoisotopic (exact) mass is 505 g/mol. The summed E-state index contributed by atoms with van der Waals surface area (Å²) in [5, 5.41) is 0. The van der Waals surface area contributed by atoms with Crippen LogP contribution in [-0.4, -0.2) is 25.8 Å². The van der Waals surface area contributed by atoms with Crippen LogP contribution in [0.2, 0.25) is 0 Å². The van der Waals surface area contributed by atoms with E-state index in [2.05, 4.69) is 66.8 Å². The van der Waals surface area contributed by atoms with E-state index in [0.29, 0.717) is 18.0 Å². The molecular formula is C33H31NO2S. The van der Waals surface area contributed by atoms with Crippen molar-refractivity contribution >= 4 is 22.2 Å². The molecule has 1 heterocycles. The van der Waals surface area contributed by atoms with E-state index in [1.165, 1.54) is 11.1 Å². The molecule has 1 fully saturated rings. The van der Waals surface area contributed by atoms with E-state index in [4.69, 9.17) is 0 Å². The summed E-state index contributed by atoms with van der Waals surface area (Å²) in [7, 11) is -3.55. The lowest BCUT2D eigenvalue weighted by Gasteiger charge is -2.16. The fourth-order valence-electron chi connectivity index (χ4n) is 4.74. The minimum atomic E-state index is -3.55. The van der Waals surface area contributed by atoms with Crippen molar-refractivity contribution in [1.29, 1.82) is 0 Å². The molecule has 4 aromatic rings. The topological polar surface area (TPSA) is 37.4 Å². The van der Waals surface area contributed by atoms with Gasteiger partial charge in [-0.05, 0) is 59.2 Å². The first-order valence-corrected chi connectivity index (χ1v) is 14.1. The maximum Gasteiger partial charge on any atom is 0.243 e. The number of hydrogen-bond acceptors (Lipinski definition) is 2. The Kier molecular flexibility index (Phi) is 7.50. The van der Waals surface area contributed by atoms with Gasteiger partial charge < -0.3 is 0 Å². The molecule has 0 radical (unpaired) electrons. The quantitative estimate of drug-likeness (QED) is 0.261. The Bertz CT molecular complexity index is 1490. The predicted octanol–water partition coefficient (Wildman–Crippen LogP) is 7.47. The van der Waals surface area contributed by atoms with Crippen LogP contribution in [0.25, 0.3) is 23.3 Å². The standard InChI is InChI=1S/C33H31NO2S/c1-26-15-21-33(22-16-26)37(35,36)34-24-31(32(25-34)23-28-9-4-2-5-10-28)14-8-11-27-17-19-30(20-18-27)29-12-6-3-7-13-29/h2-13,15-23,31H,14,24-25H2,1H3/b11-8+,32-23+. The average molecular weight is 506 g/mol. The first-order chi connectivity index (χ1) is 18.0. The summed E-state index contributed by atoms with van der Waals surface area (Å²) in [5.41, 5.74) is 6.82. The third kappa shape index (κ3) is 5.99. The van der Waals surface area contributed by atoms with Gasteiger partial charge in [-0.1, -0.05) is 121 Å². The molecule has 1 saturated heterocycles. The van der Waals surface area contributed by atoms with Gasteiger partial charge in [0, 0.05) is 13.1 Å². The second-order valence-corrected chi connectivity index (χ2v) is 11.5. The van der Waals surface area contributed by atoms with Crippen LogP contribution in [0.3, 0.4) is 0 Å². The zero-order chi connectivity index (χ0) is 25.7. The molecule has 1 aliphatic heterocycles. The van der Waals surface area contributed by atoms with Gasteiger partial charge in [-0.15, -0.1) is 0 Å². The van der Waals surface area contributed by atoms with Crippen molar-refractivity contribution in [2.24, 2.45) is 5.92 Å². The maximum absolute atomic E-state index is 13.4. The highest BCUT2D eigenvalue weighted by Gasteiger charge is 2.35. The van der Waals surface area contributed by atoms with Crippen molar-refractivity contribution in [3.63, 3.8) is 0 Å². The number of aryl methyl sites for hydroxylation is 1. The Morgan fingerprint density at radius 2 is 1.38 bits per heavy atom. The molecule has 5 rings (SSSR count). The van der Waals surface area contributed by atoms with E-state index in [1.807, 2.05) is 55.5 Å². The molecule has 0 spiro atoms. The molecule has 0 aromatic heterocycles. The number of hydrogen-bond donors (Lipinski definition) is 0. The highest BCUT2D eigenvalue weighted by atomic mass is 32.2. The van der Waals surface area contributed by atoms with Gasteiger partial charge in [0.05, 0.1) is 4.90 Å². The number of benzene rings is 4. The van der Waals surface area contributed by atoms with Crippen LogP contribution in [-0.2, 0) is 10.0 Å². The van der Waals surface area contributed by atoms with E-state index < -0.39 is 10.0 Å². The maximum atomic E-state index is 13.4. The van der Waals surface area contributed by atoms with Gasteiger partial charge in [0.2, 0.25) is 10.0 Å². The molecule has 0 bridgehead atoms. The lowest BCUT2D eigenvalue weighted by Crippen LogP contribution is -2.28. The fraction of sp³-hybridized carbons (Fsp3) is 0.152. The van der Waals surface area contributed by atoms with E-state index in [-0.39, 0.29) is 5.92 Å². The molecule has 0 aliphatic carbocycles. The van der Waals surface area contributed by atoms with Gasteiger partial charge in [0.15, 0.2) is 0 Å². The number of nitrogens with zero attached hydrogens (tertiary/aromatic N) is 1. The molecule has 0 N–H and O–H groups in total. The third-order valence-corrected chi connectivity index (χ3v) is 8.69. The van der Waals surface area contributed by atoms with Crippen molar-refractivity contribution in [2.45, 2.75) is 18.2 Å². The summed E-state index contributed by atoms with van der Waals surface area (Å²) in [6.45, 7) is 2.85. The summed E-state index contributed by atoms with van der Waals surface area (Å²) in [6, 6.07) is 36.1. The van der Waals surface area contributed by atoms with Crippen molar-refractivity contribution in [3.05, 3.63) is 138 Å². The van der Waals surface area contributed by atoms with Crippen LogP contribution in [0, 0.1) is 12.8 Å². The van der Waals surface area contributed by atoms with Gasteiger partial charge in [-0.2, -0.15) is 4.31 Å². The molecule has 4 aromatic carbocycles. The van der Waals surface area contributed by atoms with Crippen molar-refractivity contribution in [3.8, 4) is 11.1 Å². The van der Waals surface area contributed by atoms with Gasteiger partial charge >= 0.3 is 0 Å². The van der Waals surface area contributed by atoms with Crippen LogP contribution >= 0.6 is 0 Å². The first-order valence-electron chi connectivity index (χ1n) is 12.6. The molecule has 186 valence electrons. The van der Waals surface area contributed by atoms with Gasteiger partial charge in [0.1, 0.15) is 0 Å². The van der Waals surface area contributed by atoms with Gasteiger partial charge in [-0.25, -0.2) is 8.42 Å². The van der Waals surface area contributed by atoms with Crippen molar-refractivity contribution < 1.29 is 8.42 Å². The molecule has 4 heteroatoms. The van der Waals surface area contributed by atoms with Crippen molar-refractivity contribution in [1.82, 2.24) is 4.31 Å². The summed E-state index contributed by atoms with van der Waals surface area (Å²) in [6.07, 6.45) is 7.23. The zero-order valence-corrected chi connectivity index (χ0v) is 21.8. The van der Waals surface area contributed by atoms with Crippen molar-refractivity contribution in [2.75, 3.05) is 13.1 Å². The second-order valence-electron chi connectivity index (χ2n) is 9.56. The minimum absolute atomic E-state index is 0.125. The molecule has 1 aliphatic rings. The molecule has 1 unspecified atom stereocenters. The molecule has 3 nitrogen and oxygen atoms in total. The lowest BCUT2D eigenvalue weighted by atomic mass is 9.96. The van der Waals surface area contributed by atoms with Gasteiger partial charge in [-0.3, -0.25) is 0 Å². The summed E-state index contributed by atoms with van der Waals surface area (Å²) < 4.78 is 28.5. The summed E-state index contributed by atoms with van der Waals surface area (Å²) in [5.74, 6) is 0.125. The van der Waals surface area contributed by atoms with Crippen LogP contribution in [0.5, 0.6) is 0 Å². The highest BCUT2D eigenvalue weighted by molar-refractivity contribution is 7.89. The van der Waals surface area contributed by atoms with Crippen LogP contribution in [0.4, 0.5) is 0 Å². The first kappa shape index (κ1) is 24.9. The number of allylic oxidation sites excluding steroid dienone is 1. The Morgan fingerprint density at radius 3 is 2.05 bits per heavy atom. The Hall–Kier alpha value is -3.73. The summed E-state index contributed by atoms with van der Waals surface area (Å²) >= 11 is 0. The Labute approximate surface area is 220 Å². The predicted molar refractivity (Wildman–Crippen MR) is 153 cm³/mol. The number of sulfonamides is 1. The van der Waals surface area contributed by atoms with E-state index in [1.54, 1.807) is 16.4 Å².